The molecule has 2 aromatic rings. The third-order valence-corrected chi connectivity index (χ3v) is 4.13. The van der Waals surface area contributed by atoms with E-state index in [1.54, 1.807) is 42.3 Å². The maximum absolute atomic E-state index is 12.7. The third kappa shape index (κ3) is 4.69. The van der Waals surface area contributed by atoms with E-state index in [1.807, 2.05) is 12.1 Å². The van der Waals surface area contributed by atoms with E-state index in [2.05, 4.69) is 0 Å². The number of benzene rings is 2. The van der Waals surface area contributed by atoms with Crippen LogP contribution in [0, 0.1) is 0 Å². The fraction of sp³-hybridized carbons (Fsp3) is 0.350. The summed E-state index contributed by atoms with van der Waals surface area (Å²) >= 11 is 0. The van der Waals surface area contributed by atoms with E-state index in [0.717, 1.165) is 0 Å². The molecule has 7 heteroatoms. The Kier molecular flexibility index (Phi) is 6.51. The zero-order valence-electron chi connectivity index (χ0n) is 15.2. The van der Waals surface area contributed by atoms with Gasteiger partial charge in [0.1, 0.15) is 6.61 Å². The molecule has 1 aliphatic heterocycles. The van der Waals surface area contributed by atoms with Crippen molar-refractivity contribution in [3.63, 3.8) is 0 Å². The minimum absolute atomic E-state index is 0.0870. The Hall–Kier alpha value is -2.77. The highest BCUT2D eigenvalue weighted by atomic mass is 16.5. The van der Waals surface area contributed by atoms with Gasteiger partial charge in [-0.2, -0.15) is 0 Å². The van der Waals surface area contributed by atoms with Gasteiger partial charge < -0.3 is 29.0 Å². The SMILES string of the molecule is COc1ccccc1Oc1ccc(C(=O)N2CCOCC2)cc1OCCO. The van der Waals surface area contributed by atoms with Gasteiger partial charge in [0.2, 0.25) is 0 Å². The molecule has 0 aromatic heterocycles. The summed E-state index contributed by atoms with van der Waals surface area (Å²) in [5.74, 6) is 1.84. The standard InChI is InChI=1S/C20H23NO6/c1-24-16-4-2-3-5-17(16)27-18-7-6-15(14-19(18)26-13-10-22)20(23)21-8-11-25-12-9-21/h2-7,14,22H,8-13H2,1H3. The molecule has 7 nitrogen and oxygen atoms in total. The lowest BCUT2D eigenvalue weighted by Crippen LogP contribution is -2.40. The Labute approximate surface area is 158 Å². The van der Waals surface area contributed by atoms with Gasteiger partial charge >= 0.3 is 0 Å². The zero-order valence-corrected chi connectivity index (χ0v) is 15.2. The first-order chi connectivity index (χ1) is 13.2. The van der Waals surface area contributed by atoms with Gasteiger partial charge in [0.05, 0.1) is 26.9 Å². The molecule has 1 N–H and O–H groups in total. The highest BCUT2D eigenvalue weighted by Crippen LogP contribution is 2.37. The second-order valence-corrected chi connectivity index (χ2v) is 5.89. The van der Waals surface area contributed by atoms with E-state index in [-0.39, 0.29) is 19.1 Å². The van der Waals surface area contributed by atoms with Gasteiger partial charge in [0.15, 0.2) is 23.0 Å². The normalized spacial score (nSPS) is 13.9. The minimum atomic E-state index is -0.143. The summed E-state index contributed by atoms with van der Waals surface area (Å²) in [6.07, 6.45) is 0. The first-order valence-corrected chi connectivity index (χ1v) is 8.78. The number of carbonyl (C=O) groups is 1. The number of methoxy groups -OCH3 is 1. The molecule has 0 unspecified atom stereocenters. The summed E-state index contributed by atoms with van der Waals surface area (Å²) in [6, 6.07) is 12.3. The number of hydrogen-bond acceptors (Lipinski definition) is 6. The molecule has 0 aliphatic carbocycles. The molecule has 0 radical (unpaired) electrons. The molecule has 1 heterocycles. The maximum atomic E-state index is 12.7. The monoisotopic (exact) mass is 373 g/mol. The number of nitrogens with zero attached hydrogens (tertiary/aromatic N) is 1. The molecule has 1 aliphatic rings. The number of carbonyl (C=O) groups excluding carboxylic acids is 1. The summed E-state index contributed by atoms with van der Waals surface area (Å²) in [5.41, 5.74) is 0.497. The molecule has 0 atom stereocenters. The number of aliphatic hydroxyl groups excluding tert-OH is 1. The Morgan fingerprint density at radius 3 is 2.48 bits per heavy atom. The van der Waals surface area contributed by atoms with Crippen LogP contribution in [0.15, 0.2) is 42.5 Å². The lowest BCUT2D eigenvalue weighted by Gasteiger charge is -2.27. The highest BCUT2D eigenvalue weighted by molar-refractivity contribution is 5.95. The first-order valence-electron chi connectivity index (χ1n) is 8.78. The quantitative estimate of drug-likeness (QED) is 0.803. The van der Waals surface area contributed by atoms with E-state index in [9.17, 15) is 4.79 Å². The summed E-state index contributed by atoms with van der Waals surface area (Å²) in [7, 11) is 1.56. The molecular formula is C20H23NO6. The molecule has 144 valence electrons. The maximum Gasteiger partial charge on any atom is 0.254 e. The van der Waals surface area contributed by atoms with E-state index < -0.39 is 0 Å². The van der Waals surface area contributed by atoms with Crippen molar-refractivity contribution in [2.45, 2.75) is 0 Å². The van der Waals surface area contributed by atoms with Crippen molar-refractivity contribution in [1.82, 2.24) is 4.90 Å². The second kappa shape index (κ2) is 9.25. The predicted octanol–water partition coefficient (Wildman–Crippen LogP) is 2.33. The van der Waals surface area contributed by atoms with E-state index in [4.69, 9.17) is 24.1 Å². The van der Waals surface area contributed by atoms with Crippen molar-refractivity contribution in [1.29, 1.82) is 0 Å². The number of morpholine rings is 1. The van der Waals surface area contributed by atoms with Crippen LogP contribution in [0.5, 0.6) is 23.0 Å². The Bertz CT molecular complexity index is 773. The number of hydrogen-bond donors (Lipinski definition) is 1. The fourth-order valence-electron chi connectivity index (χ4n) is 2.76. The van der Waals surface area contributed by atoms with Crippen molar-refractivity contribution in [2.75, 3.05) is 46.6 Å². The van der Waals surface area contributed by atoms with E-state index in [0.29, 0.717) is 54.9 Å². The van der Waals surface area contributed by atoms with Crippen LogP contribution in [0.3, 0.4) is 0 Å². The highest BCUT2D eigenvalue weighted by Gasteiger charge is 2.20. The van der Waals surface area contributed by atoms with Crippen molar-refractivity contribution < 1.29 is 28.8 Å². The Balaban J connectivity index is 1.86. The molecule has 0 spiro atoms. The second-order valence-electron chi connectivity index (χ2n) is 5.89. The smallest absolute Gasteiger partial charge is 0.254 e. The zero-order chi connectivity index (χ0) is 19.1. The van der Waals surface area contributed by atoms with Crippen molar-refractivity contribution in [3.05, 3.63) is 48.0 Å². The average molecular weight is 373 g/mol. The van der Waals surface area contributed by atoms with Gasteiger partial charge in [-0.25, -0.2) is 0 Å². The average Bonchev–Trinajstić information content (AvgIpc) is 2.73. The number of aliphatic hydroxyl groups is 1. The number of ether oxygens (including phenoxy) is 4. The Morgan fingerprint density at radius 1 is 1.07 bits per heavy atom. The number of para-hydroxylation sites is 2. The van der Waals surface area contributed by atoms with E-state index >= 15 is 0 Å². The van der Waals surface area contributed by atoms with Crippen LogP contribution >= 0.6 is 0 Å². The van der Waals surface area contributed by atoms with Crippen LogP contribution in [0.4, 0.5) is 0 Å². The summed E-state index contributed by atoms with van der Waals surface area (Å²) in [6.45, 7) is 2.15. The molecule has 27 heavy (non-hydrogen) atoms. The molecule has 1 amide bonds. The summed E-state index contributed by atoms with van der Waals surface area (Å²) in [4.78, 5) is 14.4. The molecule has 0 bridgehead atoms. The molecule has 2 aromatic carbocycles. The van der Waals surface area contributed by atoms with Gasteiger partial charge in [0.25, 0.3) is 5.91 Å². The van der Waals surface area contributed by atoms with Crippen molar-refractivity contribution in [3.8, 4) is 23.0 Å². The minimum Gasteiger partial charge on any atom is -0.493 e. The van der Waals surface area contributed by atoms with Crippen LogP contribution in [0.1, 0.15) is 10.4 Å². The molecule has 1 saturated heterocycles. The van der Waals surface area contributed by atoms with Crippen LogP contribution < -0.4 is 14.2 Å². The van der Waals surface area contributed by atoms with Crippen molar-refractivity contribution in [2.24, 2.45) is 0 Å². The molecule has 1 fully saturated rings. The largest absolute Gasteiger partial charge is 0.493 e. The number of rotatable bonds is 7. The molecule has 3 rings (SSSR count). The van der Waals surface area contributed by atoms with Gasteiger partial charge in [-0.1, -0.05) is 12.1 Å². The van der Waals surface area contributed by atoms with E-state index in [1.165, 1.54) is 0 Å². The Morgan fingerprint density at radius 2 is 1.78 bits per heavy atom. The van der Waals surface area contributed by atoms with Gasteiger partial charge in [0, 0.05) is 18.7 Å². The van der Waals surface area contributed by atoms with Crippen molar-refractivity contribution >= 4 is 5.91 Å². The van der Waals surface area contributed by atoms with Crippen LogP contribution in [0.25, 0.3) is 0 Å². The topological polar surface area (TPSA) is 77.5 Å². The molecule has 0 saturated carbocycles. The van der Waals surface area contributed by atoms with Gasteiger partial charge in [-0.05, 0) is 30.3 Å². The lowest BCUT2D eigenvalue weighted by atomic mass is 10.1. The third-order valence-electron chi connectivity index (χ3n) is 4.13. The van der Waals surface area contributed by atoms with Crippen LogP contribution in [-0.4, -0.2) is 62.5 Å². The predicted molar refractivity (Wildman–Crippen MR) is 98.8 cm³/mol. The van der Waals surface area contributed by atoms with Crippen LogP contribution in [-0.2, 0) is 4.74 Å². The van der Waals surface area contributed by atoms with Gasteiger partial charge in [-0.15, -0.1) is 0 Å². The molecular weight excluding hydrogens is 350 g/mol. The first kappa shape index (κ1) is 19.0. The fourth-order valence-corrected chi connectivity index (χ4v) is 2.76. The summed E-state index contributed by atoms with van der Waals surface area (Å²) < 4.78 is 22.1. The summed E-state index contributed by atoms with van der Waals surface area (Å²) in [5, 5.41) is 9.10. The van der Waals surface area contributed by atoms with Crippen LogP contribution in [0.2, 0.25) is 0 Å². The number of amides is 1. The van der Waals surface area contributed by atoms with Gasteiger partial charge in [-0.3, -0.25) is 4.79 Å². The lowest BCUT2D eigenvalue weighted by molar-refractivity contribution is 0.0302.